The molecular weight excluding hydrogens is 288 g/mol. The van der Waals surface area contributed by atoms with Gasteiger partial charge in [-0.3, -0.25) is 4.79 Å². The van der Waals surface area contributed by atoms with Gasteiger partial charge in [-0.2, -0.15) is 0 Å². The van der Waals surface area contributed by atoms with E-state index in [0.29, 0.717) is 5.75 Å². The van der Waals surface area contributed by atoms with Gasteiger partial charge in [-0.15, -0.1) is 0 Å². The van der Waals surface area contributed by atoms with E-state index in [4.69, 9.17) is 0 Å². The van der Waals surface area contributed by atoms with Crippen LogP contribution >= 0.6 is 0 Å². The molecule has 2 heterocycles. The smallest absolute Gasteiger partial charge is 0.270 e. The maximum Gasteiger partial charge on any atom is 0.270 e. The maximum absolute atomic E-state index is 12.8. The fourth-order valence-electron chi connectivity index (χ4n) is 3.44. The molecule has 1 unspecified atom stereocenters. The Labute approximate surface area is 137 Å². The van der Waals surface area contributed by atoms with Crippen molar-refractivity contribution in [2.24, 2.45) is 7.05 Å². The van der Waals surface area contributed by atoms with E-state index in [1.807, 2.05) is 53.0 Å². The number of aromatic nitrogens is 1. The minimum Gasteiger partial charge on any atom is -0.508 e. The fourth-order valence-corrected chi connectivity index (χ4v) is 3.44. The molecular formula is C19H24N2O2. The van der Waals surface area contributed by atoms with Gasteiger partial charge in [0.05, 0.1) is 0 Å². The summed E-state index contributed by atoms with van der Waals surface area (Å²) in [5.41, 5.74) is 1.89. The van der Waals surface area contributed by atoms with Crippen molar-refractivity contribution in [3.63, 3.8) is 0 Å². The molecule has 1 saturated heterocycles. The summed E-state index contributed by atoms with van der Waals surface area (Å²) in [5, 5.41) is 9.58. The van der Waals surface area contributed by atoms with Crippen molar-refractivity contribution >= 4 is 5.91 Å². The van der Waals surface area contributed by atoms with E-state index < -0.39 is 0 Å². The van der Waals surface area contributed by atoms with Gasteiger partial charge in [-0.1, -0.05) is 12.1 Å². The van der Waals surface area contributed by atoms with E-state index in [0.717, 1.165) is 43.5 Å². The SMILES string of the molecule is Cn1cccc1C(=O)N1CCCCC1CCc1cccc(O)c1. The van der Waals surface area contributed by atoms with Gasteiger partial charge in [-0.05, 0) is 61.9 Å². The Morgan fingerprint density at radius 2 is 2.13 bits per heavy atom. The number of aryl methyl sites for hydroxylation is 2. The zero-order chi connectivity index (χ0) is 16.2. The average molecular weight is 312 g/mol. The number of phenols is 1. The number of aromatic hydroxyl groups is 1. The minimum absolute atomic E-state index is 0.137. The topological polar surface area (TPSA) is 45.5 Å². The monoisotopic (exact) mass is 312 g/mol. The second-order valence-electron chi connectivity index (χ2n) is 6.36. The first kappa shape index (κ1) is 15.7. The third-order valence-corrected chi connectivity index (χ3v) is 4.73. The Balaban J connectivity index is 1.69. The molecule has 2 aromatic rings. The van der Waals surface area contributed by atoms with E-state index in [-0.39, 0.29) is 11.9 Å². The molecule has 0 aliphatic carbocycles. The molecule has 122 valence electrons. The number of rotatable bonds is 4. The molecule has 0 spiro atoms. The molecule has 0 radical (unpaired) electrons. The quantitative estimate of drug-likeness (QED) is 0.941. The minimum atomic E-state index is 0.137. The molecule has 0 bridgehead atoms. The standard InChI is InChI=1S/C19H24N2O2/c1-20-12-5-9-18(20)19(23)21-13-3-2-7-16(21)11-10-15-6-4-8-17(22)14-15/h4-6,8-9,12,14,16,22H,2-3,7,10-11,13H2,1H3. The van der Waals surface area contributed by atoms with E-state index >= 15 is 0 Å². The summed E-state index contributed by atoms with van der Waals surface area (Å²) in [4.78, 5) is 14.9. The number of carbonyl (C=O) groups is 1. The number of benzene rings is 1. The predicted octanol–water partition coefficient (Wildman–Crippen LogP) is 3.36. The summed E-state index contributed by atoms with van der Waals surface area (Å²) in [6.45, 7) is 0.842. The first-order valence-electron chi connectivity index (χ1n) is 8.35. The van der Waals surface area contributed by atoms with Gasteiger partial charge in [0.2, 0.25) is 0 Å². The third-order valence-electron chi connectivity index (χ3n) is 4.73. The molecule has 1 aliphatic rings. The average Bonchev–Trinajstić information content (AvgIpc) is 2.99. The molecule has 1 atom stereocenters. The fraction of sp³-hybridized carbons (Fsp3) is 0.421. The molecule has 1 aromatic carbocycles. The zero-order valence-corrected chi connectivity index (χ0v) is 13.6. The molecule has 1 N–H and O–H groups in total. The highest BCUT2D eigenvalue weighted by Gasteiger charge is 2.28. The van der Waals surface area contributed by atoms with Crippen molar-refractivity contribution in [2.45, 2.75) is 38.1 Å². The van der Waals surface area contributed by atoms with Gasteiger partial charge in [0.1, 0.15) is 11.4 Å². The van der Waals surface area contributed by atoms with Crippen LogP contribution in [0.15, 0.2) is 42.6 Å². The normalized spacial score (nSPS) is 18.1. The molecule has 1 fully saturated rings. The molecule has 1 amide bonds. The third kappa shape index (κ3) is 3.58. The van der Waals surface area contributed by atoms with Crippen LogP contribution in [0.4, 0.5) is 0 Å². The van der Waals surface area contributed by atoms with E-state index in [1.165, 1.54) is 6.42 Å². The Hall–Kier alpha value is -2.23. The highest BCUT2D eigenvalue weighted by atomic mass is 16.3. The van der Waals surface area contributed by atoms with Crippen LogP contribution in [0.5, 0.6) is 5.75 Å². The Morgan fingerprint density at radius 3 is 2.87 bits per heavy atom. The van der Waals surface area contributed by atoms with Crippen molar-refractivity contribution < 1.29 is 9.90 Å². The van der Waals surface area contributed by atoms with Gasteiger partial charge < -0.3 is 14.6 Å². The van der Waals surface area contributed by atoms with E-state index in [1.54, 1.807) is 6.07 Å². The first-order chi connectivity index (χ1) is 11.1. The summed E-state index contributed by atoms with van der Waals surface area (Å²) in [6, 6.07) is 11.5. The van der Waals surface area contributed by atoms with Crippen LogP contribution in [-0.4, -0.2) is 33.1 Å². The lowest BCUT2D eigenvalue weighted by molar-refractivity contribution is 0.0592. The van der Waals surface area contributed by atoms with Gasteiger partial charge in [0.25, 0.3) is 5.91 Å². The lowest BCUT2D eigenvalue weighted by Gasteiger charge is -2.36. The Kier molecular flexibility index (Phi) is 4.70. The largest absolute Gasteiger partial charge is 0.508 e. The molecule has 1 aliphatic heterocycles. The number of hydrogen-bond acceptors (Lipinski definition) is 2. The van der Waals surface area contributed by atoms with Crippen molar-refractivity contribution in [1.29, 1.82) is 0 Å². The second kappa shape index (κ2) is 6.90. The highest BCUT2D eigenvalue weighted by molar-refractivity contribution is 5.93. The van der Waals surface area contributed by atoms with Crippen molar-refractivity contribution in [3.8, 4) is 5.75 Å². The molecule has 4 heteroatoms. The van der Waals surface area contributed by atoms with Gasteiger partial charge in [-0.25, -0.2) is 0 Å². The number of nitrogens with zero attached hydrogens (tertiary/aromatic N) is 2. The number of piperidine rings is 1. The molecule has 3 rings (SSSR count). The van der Waals surface area contributed by atoms with Crippen LogP contribution in [0.3, 0.4) is 0 Å². The van der Waals surface area contributed by atoms with Crippen LogP contribution in [0.1, 0.15) is 41.7 Å². The Bertz CT molecular complexity index is 678. The van der Waals surface area contributed by atoms with Crippen LogP contribution in [0.2, 0.25) is 0 Å². The lowest BCUT2D eigenvalue weighted by Crippen LogP contribution is -2.44. The Morgan fingerprint density at radius 1 is 1.26 bits per heavy atom. The summed E-state index contributed by atoms with van der Waals surface area (Å²) < 4.78 is 1.89. The maximum atomic E-state index is 12.8. The number of phenolic OH excluding ortho intramolecular Hbond substituents is 1. The highest BCUT2D eigenvalue weighted by Crippen LogP contribution is 2.24. The predicted molar refractivity (Wildman–Crippen MR) is 90.5 cm³/mol. The number of carbonyl (C=O) groups excluding carboxylic acids is 1. The van der Waals surface area contributed by atoms with Crippen molar-refractivity contribution in [2.75, 3.05) is 6.54 Å². The number of amides is 1. The van der Waals surface area contributed by atoms with Crippen LogP contribution in [0, 0.1) is 0 Å². The molecule has 0 saturated carbocycles. The van der Waals surface area contributed by atoms with E-state index in [9.17, 15) is 9.90 Å². The van der Waals surface area contributed by atoms with E-state index in [2.05, 4.69) is 0 Å². The zero-order valence-electron chi connectivity index (χ0n) is 13.6. The summed E-state index contributed by atoms with van der Waals surface area (Å²) in [5.74, 6) is 0.445. The lowest BCUT2D eigenvalue weighted by atomic mass is 9.95. The second-order valence-corrected chi connectivity index (χ2v) is 6.36. The van der Waals surface area contributed by atoms with Gasteiger partial charge in [0.15, 0.2) is 0 Å². The van der Waals surface area contributed by atoms with Crippen LogP contribution in [-0.2, 0) is 13.5 Å². The summed E-state index contributed by atoms with van der Waals surface area (Å²) in [7, 11) is 1.92. The van der Waals surface area contributed by atoms with Crippen LogP contribution in [0.25, 0.3) is 0 Å². The number of hydrogen-bond donors (Lipinski definition) is 1. The van der Waals surface area contributed by atoms with Gasteiger partial charge in [0, 0.05) is 25.8 Å². The molecule has 23 heavy (non-hydrogen) atoms. The first-order valence-corrected chi connectivity index (χ1v) is 8.35. The van der Waals surface area contributed by atoms with Gasteiger partial charge >= 0.3 is 0 Å². The summed E-state index contributed by atoms with van der Waals surface area (Å²) in [6.07, 6.45) is 7.07. The van der Waals surface area contributed by atoms with Crippen LogP contribution < -0.4 is 0 Å². The number of likely N-dealkylation sites (tertiary alicyclic amines) is 1. The summed E-state index contributed by atoms with van der Waals surface area (Å²) >= 11 is 0. The molecule has 1 aromatic heterocycles. The van der Waals surface area contributed by atoms with Crippen molar-refractivity contribution in [1.82, 2.24) is 9.47 Å². The van der Waals surface area contributed by atoms with Crippen molar-refractivity contribution in [3.05, 3.63) is 53.9 Å². The molecule has 4 nitrogen and oxygen atoms in total.